The van der Waals surface area contributed by atoms with Gasteiger partial charge in [0.2, 0.25) is 5.91 Å². The second-order valence-electron chi connectivity index (χ2n) is 6.28. The molecule has 1 fully saturated rings. The zero-order chi connectivity index (χ0) is 18.0. The predicted octanol–water partition coefficient (Wildman–Crippen LogP) is 1.04. The van der Waals surface area contributed by atoms with Crippen LogP contribution in [-0.4, -0.2) is 52.7 Å². The molecule has 5 N–H and O–H groups in total. The molecule has 1 aromatic carbocycles. The van der Waals surface area contributed by atoms with Gasteiger partial charge in [-0.2, -0.15) is 0 Å². The molecular formula is C17H21FN4O3. The first-order chi connectivity index (χ1) is 12.0. The number of hydrogen-bond acceptors (Lipinski definition) is 3. The Bertz CT molecular complexity index is 783. The average Bonchev–Trinajstić information content (AvgIpc) is 3.02. The fourth-order valence-electron chi connectivity index (χ4n) is 3.44. The molecule has 1 saturated heterocycles. The van der Waals surface area contributed by atoms with Gasteiger partial charge in [-0.1, -0.05) is 0 Å². The Morgan fingerprint density at radius 2 is 2.12 bits per heavy atom. The molecule has 2 heterocycles. The Labute approximate surface area is 144 Å². The number of carbonyl (C=O) groups excluding carboxylic acids is 2. The first kappa shape index (κ1) is 17.2. The molecule has 3 amide bonds. The highest BCUT2D eigenvalue weighted by Gasteiger charge is 2.29. The molecule has 8 heteroatoms. The summed E-state index contributed by atoms with van der Waals surface area (Å²) in [4.78, 5) is 28.0. The first-order valence-electron chi connectivity index (χ1n) is 8.21. The number of likely N-dealkylation sites (tertiary alicyclic amines) is 1. The topological polar surface area (TPSA) is 111 Å². The van der Waals surface area contributed by atoms with Crippen LogP contribution in [0.2, 0.25) is 0 Å². The van der Waals surface area contributed by atoms with E-state index in [1.807, 2.05) is 6.20 Å². The lowest BCUT2D eigenvalue weighted by Crippen LogP contribution is -2.53. The highest BCUT2D eigenvalue weighted by atomic mass is 19.1. The minimum absolute atomic E-state index is 0.219. The summed E-state index contributed by atoms with van der Waals surface area (Å²) in [5, 5.41) is 12.4. The SMILES string of the molecule is NC(=O)NC(CO)C(=O)N1CCC(c2c[nH]c3ccc(F)cc23)CC1. The van der Waals surface area contributed by atoms with Crippen LogP contribution in [0.15, 0.2) is 24.4 Å². The molecule has 0 radical (unpaired) electrons. The summed E-state index contributed by atoms with van der Waals surface area (Å²) < 4.78 is 13.5. The van der Waals surface area contributed by atoms with Crippen LogP contribution in [0.1, 0.15) is 24.3 Å². The number of benzene rings is 1. The number of nitrogens with two attached hydrogens (primary N) is 1. The fourth-order valence-corrected chi connectivity index (χ4v) is 3.44. The Morgan fingerprint density at radius 1 is 1.40 bits per heavy atom. The van der Waals surface area contributed by atoms with E-state index >= 15 is 0 Å². The molecule has 25 heavy (non-hydrogen) atoms. The Morgan fingerprint density at radius 3 is 2.76 bits per heavy atom. The maximum atomic E-state index is 13.5. The molecule has 1 aromatic heterocycles. The monoisotopic (exact) mass is 348 g/mol. The lowest BCUT2D eigenvalue weighted by atomic mass is 9.89. The molecule has 2 aromatic rings. The van der Waals surface area contributed by atoms with Crippen molar-refractivity contribution >= 4 is 22.8 Å². The summed E-state index contributed by atoms with van der Waals surface area (Å²) >= 11 is 0. The van der Waals surface area contributed by atoms with E-state index in [-0.39, 0.29) is 17.6 Å². The number of urea groups is 1. The number of hydrogen-bond donors (Lipinski definition) is 4. The Hall–Kier alpha value is -2.61. The minimum atomic E-state index is -1.02. The lowest BCUT2D eigenvalue weighted by Gasteiger charge is -2.34. The Kier molecular flexibility index (Phi) is 4.89. The molecule has 7 nitrogen and oxygen atoms in total. The third-order valence-electron chi connectivity index (χ3n) is 4.72. The van der Waals surface area contributed by atoms with Crippen LogP contribution in [0.4, 0.5) is 9.18 Å². The number of fused-ring (bicyclic) bond motifs is 1. The number of aromatic nitrogens is 1. The van der Waals surface area contributed by atoms with Gasteiger partial charge >= 0.3 is 6.03 Å². The first-order valence-corrected chi connectivity index (χ1v) is 8.21. The summed E-state index contributed by atoms with van der Waals surface area (Å²) in [5.74, 6) is -0.398. The quantitative estimate of drug-likeness (QED) is 0.662. The molecule has 0 saturated carbocycles. The predicted molar refractivity (Wildman–Crippen MR) is 90.4 cm³/mol. The molecule has 3 rings (SSSR count). The number of halogens is 1. The van der Waals surface area contributed by atoms with E-state index in [0.717, 1.165) is 29.3 Å². The van der Waals surface area contributed by atoms with E-state index in [4.69, 9.17) is 5.73 Å². The zero-order valence-electron chi connectivity index (χ0n) is 13.7. The van der Waals surface area contributed by atoms with Crippen molar-refractivity contribution in [3.63, 3.8) is 0 Å². The number of carbonyl (C=O) groups is 2. The number of aliphatic hydroxyl groups is 1. The van der Waals surface area contributed by atoms with Crippen molar-refractivity contribution in [3.8, 4) is 0 Å². The van der Waals surface area contributed by atoms with E-state index in [1.165, 1.54) is 12.1 Å². The largest absolute Gasteiger partial charge is 0.394 e. The second kappa shape index (κ2) is 7.10. The van der Waals surface area contributed by atoms with Crippen molar-refractivity contribution in [2.24, 2.45) is 5.73 Å². The van der Waals surface area contributed by atoms with E-state index in [9.17, 15) is 19.1 Å². The van der Waals surface area contributed by atoms with Crippen LogP contribution < -0.4 is 11.1 Å². The second-order valence-corrected chi connectivity index (χ2v) is 6.28. The van der Waals surface area contributed by atoms with Gasteiger partial charge in [-0.3, -0.25) is 4.79 Å². The van der Waals surface area contributed by atoms with Crippen LogP contribution in [0.25, 0.3) is 10.9 Å². The maximum absolute atomic E-state index is 13.5. The Balaban J connectivity index is 1.68. The van der Waals surface area contributed by atoms with Crippen molar-refractivity contribution < 1.29 is 19.1 Å². The van der Waals surface area contributed by atoms with Gasteiger partial charge in [0.05, 0.1) is 6.61 Å². The summed E-state index contributed by atoms with van der Waals surface area (Å²) in [5.41, 5.74) is 6.96. The lowest BCUT2D eigenvalue weighted by molar-refractivity contribution is -0.135. The smallest absolute Gasteiger partial charge is 0.312 e. The fraction of sp³-hybridized carbons (Fsp3) is 0.412. The summed E-state index contributed by atoms with van der Waals surface area (Å²) in [7, 11) is 0. The third kappa shape index (κ3) is 3.58. The van der Waals surface area contributed by atoms with Gasteiger partial charge in [0.15, 0.2) is 0 Å². The van der Waals surface area contributed by atoms with Gasteiger partial charge in [0.1, 0.15) is 11.9 Å². The van der Waals surface area contributed by atoms with Crippen LogP contribution in [-0.2, 0) is 4.79 Å². The van der Waals surface area contributed by atoms with Crippen LogP contribution >= 0.6 is 0 Å². The molecule has 0 bridgehead atoms. The molecule has 0 aliphatic carbocycles. The summed E-state index contributed by atoms with van der Waals surface area (Å²) in [6.45, 7) is 0.508. The van der Waals surface area contributed by atoms with E-state index in [0.29, 0.717) is 13.1 Å². The molecule has 0 spiro atoms. The third-order valence-corrected chi connectivity index (χ3v) is 4.72. The van der Waals surface area contributed by atoms with Crippen molar-refractivity contribution in [1.82, 2.24) is 15.2 Å². The van der Waals surface area contributed by atoms with Crippen molar-refractivity contribution in [1.29, 1.82) is 0 Å². The highest BCUT2D eigenvalue weighted by molar-refractivity contribution is 5.87. The van der Waals surface area contributed by atoms with Gasteiger partial charge in [-0.05, 0) is 42.5 Å². The minimum Gasteiger partial charge on any atom is -0.394 e. The standard InChI is InChI=1S/C17H21FN4O3/c18-11-1-2-14-12(7-11)13(8-20-14)10-3-5-22(6-4-10)16(24)15(9-23)21-17(19)25/h1-2,7-8,10,15,20,23H,3-6,9H2,(H3,19,21,25). The van der Waals surface area contributed by atoms with Crippen molar-refractivity contribution in [2.45, 2.75) is 24.8 Å². The number of nitrogens with zero attached hydrogens (tertiary/aromatic N) is 1. The van der Waals surface area contributed by atoms with Gasteiger partial charge in [0.25, 0.3) is 0 Å². The van der Waals surface area contributed by atoms with Crippen molar-refractivity contribution in [2.75, 3.05) is 19.7 Å². The van der Waals surface area contributed by atoms with Gasteiger partial charge < -0.3 is 26.0 Å². The van der Waals surface area contributed by atoms with E-state index in [2.05, 4.69) is 10.3 Å². The van der Waals surface area contributed by atoms with Crippen molar-refractivity contribution in [3.05, 3.63) is 35.8 Å². The van der Waals surface area contributed by atoms with E-state index in [1.54, 1.807) is 11.0 Å². The summed E-state index contributed by atoms with van der Waals surface area (Å²) in [6.07, 6.45) is 3.35. The van der Waals surface area contributed by atoms with Crippen LogP contribution in [0.3, 0.4) is 0 Å². The van der Waals surface area contributed by atoms with Gasteiger partial charge in [0, 0.05) is 30.2 Å². The number of piperidine rings is 1. The average molecular weight is 348 g/mol. The number of H-pyrrole nitrogens is 1. The summed E-state index contributed by atoms with van der Waals surface area (Å²) in [6, 6.07) is 2.80. The number of rotatable bonds is 4. The maximum Gasteiger partial charge on any atom is 0.312 e. The van der Waals surface area contributed by atoms with E-state index < -0.39 is 18.7 Å². The number of primary amides is 1. The molecular weight excluding hydrogens is 327 g/mol. The normalized spacial score (nSPS) is 16.8. The number of amides is 3. The van der Waals surface area contributed by atoms with Crippen LogP contribution in [0.5, 0.6) is 0 Å². The zero-order valence-corrected chi connectivity index (χ0v) is 13.7. The molecule has 1 atom stereocenters. The highest BCUT2D eigenvalue weighted by Crippen LogP contribution is 2.33. The number of aromatic amines is 1. The molecule has 1 aliphatic heterocycles. The molecule has 1 aliphatic rings. The molecule has 134 valence electrons. The van der Waals surface area contributed by atoms with Gasteiger partial charge in [-0.25, -0.2) is 9.18 Å². The number of nitrogens with one attached hydrogen (secondary N) is 2. The number of aliphatic hydroxyl groups excluding tert-OH is 1. The molecule has 1 unspecified atom stereocenters. The van der Waals surface area contributed by atoms with Gasteiger partial charge in [-0.15, -0.1) is 0 Å². The van der Waals surface area contributed by atoms with Crippen LogP contribution in [0, 0.1) is 5.82 Å².